The number of amides is 1. The van der Waals surface area contributed by atoms with Crippen molar-refractivity contribution in [2.24, 2.45) is 0 Å². The Balaban J connectivity index is 2.92. The van der Waals surface area contributed by atoms with Crippen molar-refractivity contribution in [1.82, 2.24) is 4.90 Å². The minimum absolute atomic E-state index is 0.0648. The van der Waals surface area contributed by atoms with Gasteiger partial charge in [0.15, 0.2) is 0 Å². The third-order valence-electron chi connectivity index (χ3n) is 2.30. The van der Waals surface area contributed by atoms with E-state index in [1.54, 1.807) is 17.0 Å². The lowest BCUT2D eigenvalue weighted by atomic mass is 10.2. The van der Waals surface area contributed by atoms with Crippen LogP contribution in [-0.2, 0) is 0 Å². The zero-order valence-corrected chi connectivity index (χ0v) is 12.6. The van der Waals surface area contributed by atoms with E-state index >= 15 is 0 Å². The molecule has 0 unspecified atom stereocenters. The summed E-state index contributed by atoms with van der Waals surface area (Å²) >= 11 is 15.1. The van der Waals surface area contributed by atoms with Gasteiger partial charge in [-0.2, -0.15) is 0 Å². The Kier molecular flexibility index (Phi) is 6.31. The maximum Gasteiger partial charge on any atom is 0.255 e. The first-order valence-corrected chi connectivity index (χ1v) is 7.11. The van der Waals surface area contributed by atoms with Crippen molar-refractivity contribution in [2.75, 3.05) is 19.0 Å². The third kappa shape index (κ3) is 4.16. The normalized spacial score (nSPS) is 10.4. The van der Waals surface area contributed by atoms with Crippen LogP contribution in [0.25, 0.3) is 0 Å². The molecule has 5 heteroatoms. The Bertz CT molecular complexity index is 392. The first kappa shape index (κ1) is 14.8. The number of hydrogen-bond acceptors (Lipinski definition) is 1. The van der Waals surface area contributed by atoms with Crippen LogP contribution in [0.2, 0.25) is 5.02 Å². The second kappa shape index (κ2) is 7.24. The second-order valence-corrected chi connectivity index (χ2v) is 5.31. The van der Waals surface area contributed by atoms with Gasteiger partial charge in [-0.15, -0.1) is 11.6 Å². The van der Waals surface area contributed by atoms with Gasteiger partial charge in [-0.3, -0.25) is 4.79 Å². The predicted molar refractivity (Wildman–Crippen MR) is 76.1 cm³/mol. The van der Waals surface area contributed by atoms with Gasteiger partial charge in [0.05, 0.1) is 10.6 Å². The average molecular weight is 339 g/mol. The van der Waals surface area contributed by atoms with Gasteiger partial charge < -0.3 is 4.90 Å². The van der Waals surface area contributed by atoms with Gasteiger partial charge in [0.2, 0.25) is 0 Å². The van der Waals surface area contributed by atoms with E-state index in [0.717, 1.165) is 10.9 Å². The fourth-order valence-corrected chi connectivity index (χ4v) is 2.48. The molecule has 0 radical (unpaired) electrons. The molecule has 1 amide bonds. The molecule has 94 valence electrons. The SMILES string of the molecule is CCCN(CCCl)C(=O)c1ccc(Br)cc1Cl. The Labute approximate surface area is 120 Å². The molecule has 0 heterocycles. The summed E-state index contributed by atoms with van der Waals surface area (Å²) in [5, 5.41) is 0.458. The van der Waals surface area contributed by atoms with Crippen LogP contribution in [0, 0.1) is 0 Å². The molecule has 1 aromatic carbocycles. The summed E-state index contributed by atoms with van der Waals surface area (Å²) in [7, 11) is 0. The summed E-state index contributed by atoms with van der Waals surface area (Å²) in [4.78, 5) is 13.9. The van der Waals surface area contributed by atoms with Crippen molar-refractivity contribution in [1.29, 1.82) is 0 Å². The van der Waals surface area contributed by atoms with E-state index in [2.05, 4.69) is 15.9 Å². The molecule has 0 saturated carbocycles. The van der Waals surface area contributed by atoms with Gasteiger partial charge in [-0.05, 0) is 24.6 Å². The molecule has 0 aromatic heterocycles. The van der Waals surface area contributed by atoms with Crippen molar-refractivity contribution in [3.8, 4) is 0 Å². The molecule has 0 aliphatic carbocycles. The van der Waals surface area contributed by atoms with Gasteiger partial charge in [-0.25, -0.2) is 0 Å². The van der Waals surface area contributed by atoms with Crippen LogP contribution in [0.3, 0.4) is 0 Å². The summed E-state index contributed by atoms with van der Waals surface area (Å²) in [6.07, 6.45) is 0.900. The number of nitrogens with zero attached hydrogens (tertiary/aromatic N) is 1. The molecule has 0 atom stereocenters. The average Bonchev–Trinajstić information content (AvgIpc) is 2.28. The summed E-state index contributed by atoms with van der Waals surface area (Å²) in [6.45, 7) is 3.26. The van der Waals surface area contributed by atoms with Gasteiger partial charge in [0.25, 0.3) is 5.91 Å². The monoisotopic (exact) mass is 337 g/mol. The fraction of sp³-hybridized carbons (Fsp3) is 0.417. The molecule has 1 rings (SSSR count). The van der Waals surface area contributed by atoms with Crippen LogP contribution in [0.4, 0.5) is 0 Å². The van der Waals surface area contributed by atoms with E-state index in [0.29, 0.717) is 29.6 Å². The van der Waals surface area contributed by atoms with E-state index in [1.165, 1.54) is 0 Å². The molecule has 0 N–H and O–H groups in total. The Hall–Kier alpha value is -0.250. The second-order valence-electron chi connectivity index (χ2n) is 3.61. The highest BCUT2D eigenvalue weighted by atomic mass is 79.9. The zero-order valence-electron chi connectivity index (χ0n) is 9.55. The van der Waals surface area contributed by atoms with Crippen LogP contribution in [-0.4, -0.2) is 29.8 Å². The van der Waals surface area contributed by atoms with Gasteiger partial charge in [0, 0.05) is 23.4 Å². The third-order valence-corrected chi connectivity index (χ3v) is 3.27. The van der Waals surface area contributed by atoms with Crippen molar-refractivity contribution < 1.29 is 4.79 Å². The lowest BCUT2D eigenvalue weighted by Crippen LogP contribution is -2.33. The highest BCUT2D eigenvalue weighted by Gasteiger charge is 2.17. The molecule has 2 nitrogen and oxygen atoms in total. The predicted octanol–water partition coefficient (Wildman–Crippen LogP) is 4.19. The molecule has 0 aliphatic heterocycles. The summed E-state index contributed by atoms with van der Waals surface area (Å²) in [6, 6.07) is 5.26. The number of halogens is 3. The number of benzene rings is 1. The molecular formula is C12H14BrCl2NO. The van der Waals surface area contributed by atoms with E-state index in [9.17, 15) is 4.79 Å². The molecule has 0 fully saturated rings. The molecule has 17 heavy (non-hydrogen) atoms. The highest BCUT2D eigenvalue weighted by molar-refractivity contribution is 9.10. The zero-order chi connectivity index (χ0) is 12.8. The maximum atomic E-state index is 12.2. The lowest BCUT2D eigenvalue weighted by Gasteiger charge is -2.21. The van der Waals surface area contributed by atoms with Crippen molar-refractivity contribution in [3.05, 3.63) is 33.3 Å². The number of hydrogen-bond donors (Lipinski definition) is 0. The molecule has 1 aromatic rings. The van der Waals surface area contributed by atoms with Crippen molar-refractivity contribution in [2.45, 2.75) is 13.3 Å². The molecule has 0 saturated heterocycles. The highest BCUT2D eigenvalue weighted by Crippen LogP contribution is 2.22. The van der Waals surface area contributed by atoms with Crippen molar-refractivity contribution >= 4 is 45.0 Å². The molecular weight excluding hydrogens is 325 g/mol. The molecule has 0 spiro atoms. The van der Waals surface area contributed by atoms with Crippen LogP contribution < -0.4 is 0 Å². The van der Waals surface area contributed by atoms with Gasteiger partial charge >= 0.3 is 0 Å². The van der Waals surface area contributed by atoms with Crippen molar-refractivity contribution in [3.63, 3.8) is 0 Å². The first-order valence-electron chi connectivity index (χ1n) is 5.40. The minimum Gasteiger partial charge on any atom is -0.337 e. The van der Waals surface area contributed by atoms with E-state index in [-0.39, 0.29) is 5.91 Å². The van der Waals surface area contributed by atoms with Crippen LogP contribution in [0.1, 0.15) is 23.7 Å². The topological polar surface area (TPSA) is 20.3 Å². The Morgan fingerprint density at radius 1 is 1.41 bits per heavy atom. The van der Waals surface area contributed by atoms with E-state index in [1.807, 2.05) is 13.0 Å². The lowest BCUT2D eigenvalue weighted by molar-refractivity contribution is 0.0765. The van der Waals surface area contributed by atoms with Gasteiger partial charge in [-0.1, -0.05) is 34.5 Å². The summed E-state index contributed by atoms with van der Waals surface area (Å²) in [5.74, 6) is 0.366. The first-order chi connectivity index (χ1) is 8.10. The molecule has 0 bridgehead atoms. The smallest absolute Gasteiger partial charge is 0.255 e. The minimum atomic E-state index is -0.0648. The number of carbonyl (C=O) groups is 1. The number of rotatable bonds is 5. The van der Waals surface area contributed by atoms with E-state index in [4.69, 9.17) is 23.2 Å². The van der Waals surface area contributed by atoms with Crippen LogP contribution in [0.5, 0.6) is 0 Å². The van der Waals surface area contributed by atoms with Gasteiger partial charge in [0.1, 0.15) is 0 Å². The standard InChI is InChI=1S/C12H14BrCl2NO/c1-2-6-16(7-5-14)12(17)10-4-3-9(13)8-11(10)15/h3-4,8H,2,5-7H2,1H3. The Morgan fingerprint density at radius 2 is 2.12 bits per heavy atom. The summed E-state index contributed by atoms with van der Waals surface area (Å²) < 4.78 is 0.860. The maximum absolute atomic E-state index is 12.2. The number of carbonyl (C=O) groups excluding carboxylic acids is 1. The summed E-state index contributed by atoms with van der Waals surface area (Å²) in [5.41, 5.74) is 0.522. The van der Waals surface area contributed by atoms with Crippen LogP contribution in [0.15, 0.2) is 22.7 Å². The fourth-order valence-electron chi connectivity index (χ4n) is 1.52. The molecule has 0 aliphatic rings. The van der Waals surface area contributed by atoms with E-state index < -0.39 is 0 Å². The number of alkyl halides is 1. The van der Waals surface area contributed by atoms with Crippen LogP contribution >= 0.6 is 39.1 Å². The Morgan fingerprint density at radius 3 is 2.65 bits per heavy atom. The quantitative estimate of drug-likeness (QED) is 0.737. The largest absolute Gasteiger partial charge is 0.337 e.